The Morgan fingerprint density at radius 2 is 0.857 bits per heavy atom. The van der Waals surface area contributed by atoms with Gasteiger partial charge in [-0.1, -0.05) is 84.9 Å². The van der Waals surface area contributed by atoms with Gasteiger partial charge in [-0.3, -0.25) is 4.79 Å². The summed E-state index contributed by atoms with van der Waals surface area (Å²) < 4.78 is 0. The number of carbonyl (C=O) groups is 1. The Kier molecular flexibility index (Phi) is 4.14. The molecule has 0 amide bonds. The molecule has 4 aromatic rings. The van der Waals surface area contributed by atoms with E-state index in [1.165, 1.54) is 22.3 Å². The van der Waals surface area contributed by atoms with Gasteiger partial charge >= 0.3 is 0 Å². The molecule has 1 nitrogen and oxygen atoms in total. The van der Waals surface area contributed by atoms with Crippen LogP contribution >= 0.6 is 0 Å². The van der Waals surface area contributed by atoms with E-state index in [1.54, 1.807) is 0 Å². The van der Waals surface area contributed by atoms with Crippen molar-refractivity contribution in [3.8, 4) is 11.1 Å². The van der Waals surface area contributed by atoms with Crippen molar-refractivity contribution in [2.75, 3.05) is 0 Å². The predicted molar refractivity (Wildman–Crippen MR) is 114 cm³/mol. The topological polar surface area (TPSA) is 17.1 Å². The highest BCUT2D eigenvalue weighted by atomic mass is 16.1. The average molecular weight is 360 g/mol. The molecule has 0 N–H and O–H groups in total. The van der Waals surface area contributed by atoms with Crippen molar-refractivity contribution in [1.82, 2.24) is 0 Å². The number of ketones is 1. The highest BCUT2D eigenvalue weighted by Gasteiger charge is 2.27. The van der Waals surface area contributed by atoms with Crippen molar-refractivity contribution >= 4 is 5.78 Å². The average Bonchev–Trinajstić information content (AvgIpc) is 3.01. The van der Waals surface area contributed by atoms with Gasteiger partial charge in [-0.15, -0.1) is 0 Å². The van der Waals surface area contributed by atoms with Crippen LogP contribution in [0, 0.1) is 0 Å². The van der Waals surface area contributed by atoms with Crippen molar-refractivity contribution in [3.05, 3.63) is 130 Å². The summed E-state index contributed by atoms with van der Waals surface area (Å²) in [6.45, 7) is 0. The highest BCUT2D eigenvalue weighted by Crippen LogP contribution is 2.38. The molecule has 0 aromatic heterocycles. The largest absolute Gasteiger partial charge is 0.289 e. The molecule has 0 unspecified atom stereocenters. The summed E-state index contributed by atoms with van der Waals surface area (Å²) in [4.78, 5) is 13.1. The Balaban J connectivity index is 1.45. The standard InChI is InChI=1S/C27H20O/c28-27-25-17-21(15-19-7-3-1-4-8-19)11-13-23(25)24-14-12-22(18-26(24)27)16-20-9-5-2-6-10-20/h1-14,17-18H,15-16H2. The molecule has 0 heterocycles. The van der Waals surface area contributed by atoms with Crippen LogP contribution in [0.15, 0.2) is 97.1 Å². The maximum Gasteiger partial charge on any atom is 0.194 e. The number of hydrogen-bond acceptors (Lipinski definition) is 1. The molecule has 0 saturated carbocycles. The molecule has 28 heavy (non-hydrogen) atoms. The lowest BCUT2D eigenvalue weighted by atomic mass is 9.98. The Morgan fingerprint density at radius 3 is 1.29 bits per heavy atom. The van der Waals surface area contributed by atoms with E-state index in [0.29, 0.717) is 0 Å². The zero-order valence-electron chi connectivity index (χ0n) is 15.6. The summed E-state index contributed by atoms with van der Waals surface area (Å²) in [5, 5.41) is 0. The summed E-state index contributed by atoms with van der Waals surface area (Å²) >= 11 is 0. The Hall–Kier alpha value is -3.45. The molecular formula is C27H20O. The van der Waals surface area contributed by atoms with Gasteiger partial charge in [0.25, 0.3) is 0 Å². The molecule has 1 heteroatoms. The molecule has 0 saturated heterocycles. The van der Waals surface area contributed by atoms with Gasteiger partial charge in [0.15, 0.2) is 5.78 Å². The van der Waals surface area contributed by atoms with Crippen LogP contribution in [0.1, 0.15) is 38.2 Å². The lowest BCUT2D eigenvalue weighted by molar-refractivity contribution is 0.104. The van der Waals surface area contributed by atoms with Gasteiger partial charge in [0.05, 0.1) is 0 Å². The lowest BCUT2D eigenvalue weighted by Crippen LogP contribution is -1.98. The van der Waals surface area contributed by atoms with Gasteiger partial charge in [-0.05, 0) is 58.4 Å². The van der Waals surface area contributed by atoms with E-state index in [1.807, 2.05) is 12.1 Å². The van der Waals surface area contributed by atoms with Crippen LogP contribution in [0.4, 0.5) is 0 Å². The molecule has 0 aliphatic heterocycles. The van der Waals surface area contributed by atoms with Gasteiger partial charge < -0.3 is 0 Å². The molecular weight excluding hydrogens is 340 g/mol. The molecule has 1 aliphatic carbocycles. The van der Waals surface area contributed by atoms with Gasteiger partial charge in [0.1, 0.15) is 0 Å². The van der Waals surface area contributed by atoms with Crippen molar-refractivity contribution in [2.45, 2.75) is 12.8 Å². The zero-order chi connectivity index (χ0) is 18.9. The number of benzene rings is 4. The molecule has 4 aromatic carbocycles. The van der Waals surface area contributed by atoms with Gasteiger partial charge in [-0.2, -0.15) is 0 Å². The van der Waals surface area contributed by atoms with Crippen molar-refractivity contribution in [3.63, 3.8) is 0 Å². The number of hydrogen-bond donors (Lipinski definition) is 0. The zero-order valence-corrected chi connectivity index (χ0v) is 15.6. The van der Waals surface area contributed by atoms with E-state index in [4.69, 9.17) is 0 Å². The minimum Gasteiger partial charge on any atom is -0.289 e. The normalized spacial score (nSPS) is 11.9. The maximum absolute atomic E-state index is 13.1. The fourth-order valence-corrected chi connectivity index (χ4v) is 4.06. The third-order valence-corrected chi connectivity index (χ3v) is 5.45. The fourth-order valence-electron chi connectivity index (χ4n) is 4.06. The second-order valence-corrected chi connectivity index (χ2v) is 7.41. The molecule has 0 atom stereocenters. The molecule has 0 radical (unpaired) electrons. The van der Waals surface area contributed by atoms with E-state index in [2.05, 4.69) is 84.9 Å². The van der Waals surface area contributed by atoms with Crippen LogP contribution in [0.2, 0.25) is 0 Å². The Morgan fingerprint density at radius 1 is 0.429 bits per heavy atom. The summed E-state index contributed by atoms with van der Waals surface area (Å²) in [6, 6.07) is 33.4. The first-order chi connectivity index (χ1) is 13.8. The summed E-state index contributed by atoms with van der Waals surface area (Å²) in [5.41, 5.74) is 8.66. The van der Waals surface area contributed by atoms with Crippen LogP contribution in [-0.2, 0) is 12.8 Å². The monoisotopic (exact) mass is 360 g/mol. The highest BCUT2D eigenvalue weighted by molar-refractivity contribution is 6.21. The minimum atomic E-state index is 0.148. The van der Waals surface area contributed by atoms with E-state index < -0.39 is 0 Å². The molecule has 1 aliphatic rings. The van der Waals surface area contributed by atoms with Crippen LogP contribution < -0.4 is 0 Å². The Bertz CT molecular complexity index is 1060. The predicted octanol–water partition coefficient (Wildman–Crippen LogP) is 6.08. The van der Waals surface area contributed by atoms with Gasteiger partial charge in [-0.25, -0.2) is 0 Å². The Labute approximate surface area is 165 Å². The molecule has 5 rings (SSSR count). The maximum atomic E-state index is 13.1. The summed E-state index contributed by atoms with van der Waals surface area (Å²) in [5.74, 6) is 0.148. The van der Waals surface area contributed by atoms with Crippen molar-refractivity contribution in [1.29, 1.82) is 0 Å². The molecule has 0 spiro atoms. The quantitative estimate of drug-likeness (QED) is 0.380. The number of carbonyl (C=O) groups excluding carboxylic acids is 1. The third-order valence-electron chi connectivity index (χ3n) is 5.45. The third kappa shape index (κ3) is 3.05. The smallest absolute Gasteiger partial charge is 0.194 e. The minimum absolute atomic E-state index is 0.148. The number of fused-ring (bicyclic) bond motifs is 3. The van der Waals surface area contributed by atoms with Crippen molar-refractivity contribution in [2.24, 2.45) is 0 Å². The first kappa shape index (κ1) is 16.7. The van der Waals surface area contributed by atoms with Crippen LogP contribution in [0.25, 0.3) is 11.1 Å². The van der Waals surface area contributed by atoms with Crippen LogP contribution in [0.5, 0.6) is 0 Å². The fraction of sp³-hybridized carbons (Fsp3) is 0.0741. The van der Waals surface area contributed by atoms with E-state index >= 15 is 0 Å². The van der Waals surface area contributed by atoms with E-state index in [-0.39, 0.29) is 5.78 Å². The second-order valence-electron chi connectivity index (χ2n) is 7.41. The number of rotatable bonds is 4. The van der Waals surface area contributed by atoms with E-state index in [9.17, 15) is 4.79 Å². The summed E-state index contributed by atoms with van der Waals surface area (Å²) in [6.07, 6.45) is 1.69. The lowest BCUT2D eigenvalue weighted by Gasteiger charge is -2.06. The SMILES string of the molecule is O=C1c2cc(Cc3ccccc3)ccc2-c2ccc(Cc3ccccc3)cc21. The second kappa shape index (κ2) is 6.94. The van der Waals surface area contributed by atoms with Gasteiger partial charge in [0.2, 0.25) is 0 Å². The molecule has 0 fully saturated rings. The van der Waals surface area contributed by atoms with E-state index in [0.717, 1.165) is 35.1 Å². The van der Waals surface area contributed by atoms with Crippen molar-refractivity contribution < 1.29 is 4.79 Å². The first-order valence-corrected chi connectivity index (χ1v) is 9.67. The first-order valence-electron chi connectivity index (χ1n) is 9.67. The molecule has 0 bridgehead atoms. The molecule has 134 valence electrons. The van der Waals surface area contributed by atoms with Crippen LogP contribution in [-0.4, -0.2) is 5.78 Å². The van der Waals surface area contributed by atoms with Crippen LogP contribution in [0.3, 0.4) is 0 Å². The van der Waals surface area contributed by atoms with Gasteiger partial charge in [0, 0.05) is 11.1 Å². The summed E-state index contributed by atoms with van der Waals surface area (Å²) in [7, 11) is 0.